The number of hydrogen-bond donors (Lipinski definition) is 0. The third kappa shape index (κ3) is 51.4. The number of quaternary nitrogens is 1. The molecule has 0 radical (unpaired) electrons. The Morgan fingerprint density at radius 1 is 0.485 bits per heavy atom. The first-order valence-electron chi connectivity index (χ1n) is 27.3. The van der Waals surface area contributed by atoms with Crippen LogP contribution in [0.2, 0.25) is 0 Å². The Morgan fingerprint density at radius 2 is 0.864 bits per heavy atom. The number of allylic oxidation sites excluding steroid dienone is 8. The highest BCUT2D eigenvalue weighted by molar-refractivity contribution is 7.45. The van der Waals surface area contributed by atoms with Crippen LogP contribution in [0.15, 0.2) is 48.6 Å². The van der Waals surface area contributed by atoms with Gasteiger partial charge in [-0.25, -0.2) is 0 Å². The smallest absolute Gasteiger partial charge is 0.306 e. The van der Waals surface area contributed by atoms with Gasteiger partial charge < -0.3 is 27.9 Å². The molecule has 2 unspecified atom stereocenters. The minimum Gasteiger partial charge on any atom is -0.756 e. The minimum atomic E-state index is -4.62. The van der Waals surface area contributed by atoms with Crippen LogP contribution >= 0.6 is 7.82 Å². The lowest BCUT2D eigenvalue weighted by Crippen LogP contribution is -2.37. The summed E-state index contributed by atoms with van der Waals surface area (Å²) in [6.45, 7) is 4.12. The lowest BCUT2D eigenvalue weighted by Gasteiger charge is -2.28. The summed E-state index contributed by atoms with van der Waals surface area (Å²) in [6.07, 6.45) is 59.0. The first kappa shape index (κ1) is 64.0. The van der Waals surface area contributed by atoms with Gasteiger partial charge in [-0.1, -0.05) is 229 Å². The van der Waals surface area contributed by atoms with Crippen LogP contribution < -0.4 is 4.89 Å². The predicted octanol–water partition coefficient (Wildman–Crippen LogP) is 16.0. The van der Waals surface area contributed by atoms with Crippen LogP contribution in [0.4, 0.5) is 0 Å². The maximum absolute atomic E-state index is 12.7. The molecule has 0 fully saturated rings. The molecule has 2 atom stereocenters. The highest BCUT2D eigenvalue weighted by atomic mass is 31.2. The Bertz CT molecular complexity index is 1260. The molecule has 9 nitrogen and oxygen atoms in total. The molecule has 0 bridgehead atoms. The summed E-state index contributed by atoms with van der Waals surface area (Å²) in [7, 11) is 1.17. The Labute approximate surface area is 407 Å². The quantitative estimate of drug-likeness (QED) is 0.0195. The van der Waals surface area contributed by atoms with Gasteiger partial charge in [-0.2, -0.15) is 0 Å². The molecule has 0 rings (SSSR count). The molecule has 0 amide bonds. The molecule has 386 valence electrons. The van der Waals surface area contributed by atoms with Crippen LogP contribution in [0.5, 0.6) is 0 Å². The first-order valence-corrected chi connectivity index (χ1v) is 28.8. The predicted molar refractivity (Wildman–Crippen MR) is 277 cm³/mol. The van der Waals surface area contributed by atoms with Gasteiger partial charge in [0.15, 0.2) is 6.10 Å². The van der Waals surface area contributed by atoms with E-state index in [0.29, 0.717) is 17.4 Å². The monoisotopic (exact) mass is 950 g/mol. The van der Waals surface area contributed by atoms with Gasteiger partial charge in [0, 0.05) is 12.8 Å². The number of rotatable bonds is 50. The lowest BCUT2D eigenvalue weighted by molar-refractivity contribution is -0.870. The van der Waals surface area contributed by atoms with Crippen molar-refractivity contribution in [3.63, 3.8) is 0 Å². The van der Waals surface area contributed by atoms with Crippen molar-refractivity contribution in [1.29, 1.82) is 0 Å². The third-order valence-corrected chi connectivity index (χ3v) is 12.8. The topological polar surface area (TPSA) is 111 Å². The number of likely N-dealkylation sites (N-methyl/N-ethyl adjacent to an activating group) is 1. The van der Waals surface area contributed by atoms with Crippen LogP contribution in [0.3, 0.4) is 0 Å². The Hall–Kier alpha value is -2.03. The molecule has 10 heteroatoms. The van der Waals surface area contributed by atoms with Crippen molar-refractivity contribution >= 4 is 19.8 Å². The van der Waals surface area contributed by atoms with E-state index in [9.17, 15) is 19.0 Å². The molecule has 0 saturated heterocycles. The molecule has 0 aliphatic carbocycles. The number of phosphoric acid groups is 1. The number of carbonyl (C=O) groups is 2. The average molecular weight is 950 g/mol. The van der Waals surface area contributed by atoms with Crippen molar-refractivity contribution in [3.05, 3.63) is 48.6 Å². The van der Waals surface area contributed by atoms with Crippen molar-refractivity contribution < 1.29 is 42.1 Å². The second kappa shape index (κ2) is 48.0. The van der Waals surface area contributed by atoms with E-state index in [-0.39, 0.29) is 32.0 Å². The molecule has 0 aromatic heterocycles. The van der Waals surface area contributed by atoms with E-state index in [1.807, 2.05) is 21.1 Å². The van der Waals surface area contributed by atoms with E-state index in [1.165, 1.54) is 154 Å². The summed E-state index contributed by atoms with van der Waals surface area (Å²) < 4.78 is 34.0. The van der Waals surface area contributed by atoms with Gasteiger partial charge in [0.25, 0.3) is 7.82 Å². The van der Waals surface area contributed by atoms with E-state index in [1.54, 1.807) is 0 Å². The number of hydrogen-bond acceptors (Lipinski definition) is 8. The van der Waals surface area contributed by atoms with Crippen molar-refractivity contribution in [2.24, 2.45) is 0 Å². The van der Waals surface area contributed by atoms with E-state index < -0.39 is 26.5 Å². The van der Waals surface area contributed by atoms with E-state index in [4.69, 9.17) is 18.5 Å². The normalized spacial score (nSPS) is 13.7. The molecule has 0 aromatic rings. The molecular weight excluding hydrogens is 846 g/mol. The SMILES string of the molecule is CC/C=C\C/C=C\C/C=C\C/C=C\CCCCCCCCCCCCCCCCCCCCCCC(=O)OC(COC(=O)CCCCCCCCCCC)COP(=O)([O-])OCC[N+](C)(C)C. The van der Waals surface area contributed by atoms with E-state index in [0.717, 1.165) is 57.8 Å². The van der Waals surface area contributed by atoms with Crippen LogP contribution in [0.1, 0.15) is 245 Å². The van der Waals surface area contributed by atoms with Crippen molar-refractivity contribution in [2.45, 2.75) is 251 Å². The van der Waals surface area contributed by atoms with Gasteiger partial charge in [0.05, 0.1) is 27.7 Å². The fourth-order valence-electron chi connectivity index (χ4n) is 7.65. The largest absolute Gasteiger partial charge is 0.756 e. The lowest BCUT2D eigenvalue weighted by atomic mass is 10.0. The highest BCUT2D eigenvalue weighted by Gasteiger charge is 2.21. The standard InChI is InChI=1S/C56H104NO8P/c1-6-8-10-12-14-16-17-18-19-20-21-22-23-24-25-26-27-28-29-30-31-32-33-34-35-36-37-38-39-41-43-45-47-49-56(59)65-54(53-64-66(60,61)63-51-50-57(3,4)5)52-62-55(58)48-46-44-42-40-15-13-11-9-7-2/h8,10,14,16,18-19,21-22,54H,6-7,9,11-13,15,17,20,23-53H2,1-5H3/b10-8-,16-14-,19-18-,22-21-. The molecule has 0 spiro atoms. The molecule has 0 aliphatic rings. The first-order chi connectivity index (χ1) is 32.0. The Balaban J connectivity index is 3.94. The third-order valence-electron chi connectivity index (χ3n) is 11.9. The summed E-state index contributed by atoms with van der Waals surface area (Å²) >= 11 is 0. The van der Waals surface area contributed by atoms with Crippen molar-refractivity contribution in [3.8, 4) is 0 Å². The molecule has 0 aliphatic heterocycles. The summed E-state index contributed by atoms with van der Waals surface area (Å²) in [6, 6.07) is 0. The molecular formula is C56H104NO8P. The van der Waals surface area contributed by atoms with E-state index >= 15 is 0 Å². The van der Waals surface area contributed by atoms with Gasteiger partial charge in [0.1, 0.15) is 19.8 Å². The zero-order valence-electron chi connectivity index (χ0n) is 43.6. The van der Waals surface area contributed by atoms with Gasteiger partial charge in [-0.15, -0.1) is 0 Å². The fraction of sp³-hybridized carbons (Fsp3) is 0.821. The van der Waals surface area contributed by atoms with Crippen molar-refractivity contribution in [2.75, 3.05) is 47.5 Å². The summed E-state index contributed by atoms with van der Waals surface area (Å²) in [5, 5.41) is 0. The number of carbonyl (C=O) groups excluding carboxylic acids is 2. The van der Waals surface area contributed by atoms with Gasteiger partial charge in [0.2, 0.25) is 0 Å². The fourth-order valence-corrected chi connectivity index (χ4v) is 8.38. The zero-order chi connectivity index (χ0) is 48.5. The van der Waals surface area contributed by atoms with Crippen LogP contribution in [0.25, 0.3) is 0 Å². The molecule has 66 heavy (non-hydrogen) atoms. The van der Waals surface area contributed by atoms with Gasteiger partial charge in [-0.05, 0) is 51.4 Å². The Morgan fingerprint density at radius 3 is 1.29 bits per heavy atom. The number of nitrogens with zero attached hydrogens (tertiary/aromatic N) is 1. The average Bonchev–Trinajstić information content (AvgIpc) is 3.27. The second-order valence-electron chi connectivity index (χ2n) is 19.6. The number of phosphoric ester groups is 1. The van der Waals surface area contributed by atoms with Crippen LogP contribution in [-0.4, -0.2) is 70.0 Å². The molecule has 0 aromatic carbocycles. The molecule has 0 saturated carbocycles. The highest BCUT2D eigenvalue weighted by Crippen LogP contribution is 2.38. The number of unbranched alkanes of at least 4 members (excludes halogenated alkanes) is 28. The van der Waals surface area contributed by atoms with Crippen LogP contribution in [-0.2, 0) is 32.7 Å². The summed E-state index contributed by atoms with van der Waals surface area (Å²) in [5.41, 5.74) is 0. The zero-order valence-corrected chi connectivity index (χ0v) is 44.5. The number of esters is 2. The molecule has 0 N–H and O–H groups in total. The van der Waals surface area contributed by atoms with Gasteiger partial charge in [-0.3, -0.25) is 14.2 Å². The molecule has 0 heterocycles. The minimum absolute atomic E-state index is 0.0288. The number of ether oxygens (including phenoxy) is 2. The Kier molecular flexibility index (Phi) is 46.5. The second-order valence-corrected chi connectivity index (χ2v) is 21.0. The summed E-state index contributed by atoms with van der Waals surface area (Å²) in [5.74, 6) is -0.827. The van der Waals surface area contributed by atoms with Crippen molar-refractivity contribution in [1.82, 2.24) is 0 Å². The van der Waals surface area contributed by atoms with Gasteiger partial charge >= 0.3 is 11.9 Å². The maximum atomic E-state index is 12.7. The summed E-state index contributed by atoms with van der Waals surface area (Å²) in [4.78, 5) is 37.6. The van der Waals surface area contributed by atoms with E-state index in [2.05, 4.69) is 62.5 Å². The maximum Gasteiger partial charge on any atom is 0.306 e. The van der Waals surface area contributed by atoms with Crippen LogP contribution in [0, 0.1) is 0 Å².